The number of hydrogen-bond acceptors (Lipinski definition) is 1. The summed E-state index contributed by atoms with van der Waals surface area (Å²) in [6.07, 6.45) is 0. The molecule has 0 saturated heterocycles. The normalized spacial score (nSPS) is 10.9. The van der Waals surface area contributed by atoms with Gasteiger partial charge in [-0.2, -0.15) is 0 Å². The molecule has 0 atom stereocenters. The van der Waals surface area contributed by atoms with Gasteiger partial charge in [0.1, 0.15) is 0 Å². The van der Waals surface area contributed by atoms with Crippen LogP contribution in [-0.4, -0.2) is 11.6 Å². The molecule has 0 aromatic heterocycles. The molecule has 82 valence electrons. The number of urea groups is 1. The Hall–Kier alpha value is -1.22. The molecular weight excluding hydrogens is 212 g/mol. The van der Waals surface area contributed by atoms with Crippen LogP contribution in [0.15, 0.2) is 24.3 Å². The lowest BCUT2D eigenvalue weighted by atomic mass is 10.1. The van der Waals surface area contributed by atoms with Crippen molar-refractivity contribution >= 4 is 23.3 Å². The first-order valence-corrected chi connectivity index (χ1v) is 5.09. The summed E-state index contributed by atoms with van der Waals surface area (Å²) in [5.41, 5.74) is 0.484. The fourth-order valence-corrected chi connectivity index (χ4v) is 1.16. The summed E-state index contributed by atoms with van der Waals surface area (Å²) in [6.45, 7) is 5.78. The maximum absolute atomic E-state index is 11.5. The minimum Gasteiger partial charge on any atom is -0.333 e. The molecule has 1 aromatic rings. The van der Waals surface area contributed by atoms with Gasteiger partial charge < -0.3 is 10.6 Å². The molecule has 0 aliphatic carbocycles. The number of nitrogens with one attached hydrogen (secondary N) is 2. The molecule has 3 nitrogen and oxygen atoms in total. The smallest absolute Gasteiger partial charge is 0.319 e. The van der Waals surface area contributed by atoms with Crippen LogP contribution in [0.1, 0.15) is 20.8 Å². The molecule has 0 aliphatic heterocycles. The van der Waals surface area contributed by atoms with E-state index in [0.29, 0.717) is 5.02 Å². The zero-order valence-corrected chi connectivity index (χ0v) is 9.85. The van der Waals surface area contributed by atoms with Gasteiger partial charge in [0.05, 0.1) is 0 Å². The summed E-state index contributed by atoms with van der Waals surface area (Å²) >= 11 is 5.73. The van der Waals surface area contributed by atoms with Gasteiger partial charge >= 0.3 is 6.03 Å². The Morgan fingerprint density at radius 3 is 2.20 bits per heavy atom. The van der Waals surface area contributed by atoms with E-state index in [0.717, 1.165) is 5.69 Å². The maximum Gasteiger partial charge on any atom is 0.319 e. The second-order valence-corrected chi connectivity index (χ2v) is 4.77. The summed E-state index contributed by atoms with van der Waals surface area (Å²) < 4.78 is 0. The fraction of sp³-hybridized carbons (Fsp3) is 0.364. The van der Waals surface area contributed by atoms with Crippen molar-refractivity contribution in [2.45, 2.75) is 26.3 Å². The number of hydrogen-bond donors (Lipinski definition) is 2. The number of carbonyl (C=O) groups excluding carboxylic acids is 1. The van der Waals surface area contributed by atoms with Crippen LogP contribution in [-0.2, 0) is 0 Å². The lowest BCUT2D eigenvalue weighted by Crippen LogP contribution is -2.43. The maximum atomic E-state index is 11.5. The molecule has 2 N–H and O–H groups in total. The Morgan fingerprint density at radius 1 is 1.20 bits per heavy atom. The molecule has 0 heterocycles. The highest BCUT2D eigenvalue weighted by atomic mass is 35.5. The third-order valence-electron chi connectivity index (χ3n) is 1.59. The lowest BCUT2D eigenvalue weighted by Gasteiger charge is -2.20. The number of halogens is 1. The van der Waals surface area contributed by atoms with Crippen LogP contribution in [0.3, 0.4) is 0 Å². The molecule has 4 heteroatoms. The van der Waals surface area contributed by atoms with E-state index in [4.69, 9.17) is 11.6 Å². The van der Waals surface area contributed by atoms with Gasteiger partial charge in [0.2, 0.25) is 0 Å². The molecule has 0 unspecified atom stereocenters. The average Bonchev–Trinajstić information content (AvgIpc) is 2.05. The Labute approximate surface area is 94.8 Å². The SMILES string of the molecule is CC(C)(C)NC(=O)Nc1ccc(Cl)cc1. The predicted octanol–water partition coefficient (Wildman–Crippen LogP) is 3.26. The molecule has 0 spiro atoms. The van der Waals surface area contributed by atoms with Crippen molar-refractivity contribution in [3.63, 3.8) is 0 Å². The van der Waals surface area contributed by atoms with Gasteiger partial charge in [-0.1, -0.05) is 11.6 Å². The quantitative estimate of drug-likeness (QED) is 0.758. The van der Waals surface area contributed by atoms with Crippen LogP contribution < -0.4 is 10.6 Å². The molecular formula is C11H15ClN2O. The van der Waals surface area contributed by atoms with E-state index in [1.165, 1.54) is 0 Å². The Kier molecular flexibility index (Phi) is 3.58. The van der Waals surface area contributed by atoms with Gasteiger partial charge in [-0.05, 0) is 45.0 Å². The predicted molar refractivity (Wildman–Crippen MR) is 63.4 cm³/mol. The molecule has 0 aliphatic rings. The Morgan fingerprint density at radius 2 is 1.73 bits per heavy atom. The second-order valence-electron chi connectivity index (χ2n) is 4.34. The minimum absolute atomic E-state index is 0.218. The number of anilines is 1. The van der Waals surface area contributed by atoms with Crippen molar-refractivity contribution in [1.29, 1.82) is 0 Å². The summed E-state index contributed by atoms with van der Waals surface area (Å²) in [4.78, 5) is 11.5. The standard InChI is InChI=1S/C11H15ClN2O/c1-11(2,3)14-10(15)13-9-6-4-8(12)5-7-9/h4-7H,1-3H3,(H2,13,14,15). The number of rotatable bonds is 1. The van der Waals surface area contributed by atoms with Crippen LogP contribution in [0, 0.1) is 0 Å². The highest BCUT2D eigenvalue weighted by Crippen LogP contribution is 2.13. The molecule has 0 fully saturated rings. The van der Waals surface area contributed by atoms with Crippen molar-refractivity contribution in [1.82, 2.24) is 5.32 Å². The lowest BCUT2D eigenvalue weighted by molar-refractivity contribution is 0.244. The summed E-state index contributed by atoms with van der Waals surface area (Å²) in [5, 5.41) is 6.17. The van der Waals surface area contributed by atoms with E-state index in [-0.39, 0.29) is 11.6 Å². The van der Waals surface area contributed by atoms with Crippen LogP contribution in [0.2, 0.25) is 5.02 Å². The van der Waals surface area contributed by atoms with Gasteiger partial charge in [-0.15, -0.1) is 0 Å². The van der Waals surface area contributed by atoms with Crippen LogP contribution >= 0.6 is 11.6 Å². The number of amides is 2. The van der Waals surface area contributed by atoms with Crippen LogP contribution in [0.4, 0.5) is 10.5 Å². The van der Waals surface area contributed by atoms with Gasteiger partial charge in [-0.3, -0.25) is 0 Å². The Bertz CT molecular complexity index is 341. The molecule has 0 radical (unpaired) electrons. The van der Waals surface area contributed by atoms with E-state index >= 15 is 0 Å². The first-order valence-electron chi connectivity index (χ1n) is 4.71. The van der Waals surface area contributed by atoms with E-state index in [2.05, 4.69) is 10.6 Å². The first kappa shape index (κ1) is 11.9. The first-order chi connectivity index (χ1) is 6.87. The van der Waals surface area contributed by atoms with Gasteiger partial charge in [0.15, 0.2) is 0 Å². The third kappa shape index (κ3) is 4.70. The van der Waals surface area contributed by atoms with E-state index in [1.807, 2.05) is 20.8 Å². The Balaban J connectivity index is 2.55. The molecule has 0 bridgehead atoms. The van der Waals surface area contributed by atoms with Crippen molar-refractivity contribution in [2.24, 2.45) is 0 Å². The average molecular weight is 227 g/mol. The largest absolute Gasteiger partial charge is 0.333 e. The third-order valence-corrected chi connectivity index (χ3v) is 1.84. The minimum atomic E-state index is -0.240. The number of carbonyl (C=O) groups is 1. The zero-order chi connectivity index (χ0) is 11.5. The van der Waals surface area contributed by atoms with Crippen LogP contribution in [0.25, 0.3) is 0 Å². The van der Waals surface area contributed by atoms with Gasteiger partial charge in [0.25, 0.3) is 0 Å². The monoisotopic (exact) mass is 226 g/mol. The molecule has 0 saturated carbocycles. The van der Waals surface area contributed by atoms with E-state index in [9.17, 15) is 4.79 Å². The molecule has 2 amide bonds. The van der Waals surface area contributed by atoms with E-state index < -0.39 is 0 Å². The fourth-order valence-electron chi connectivity index (χ4n) is 1.04. The molecule has 1 aromatic carbocycles. The van der Waals surface area contributed by atoms with Crippen LogP contribution in [0.5, 0.6) is 0 Å². The van der Waals surface area contributed by atoms with Crippen molar-refractivity contribution in [3.05, 3.63) is 29.3 Å². The summed E-state index contributed by atoms with van der Waals surface area (Å²) in [5.74, 6) is 0. The van der Waals surface area contributed by atoms with Crippen molar-refractivity contribution < 1.29 is 4.79 Å². The second kappa shape index (κ2) is 4.53. The topological polar surface area (TPSA) is 41.1 Å². The number of benzene rings is 1. The highest BCUT2D eigenvalue weighted by Gasteiger charge is 2.13. The molecule has 1 rings (SSSR count). The van der Waals surface area contributed by atoms with E-state index in [1.54, 1.807) is 24.3 Å². The summed E-state index contributed by atoms with van der Waals surface area (Å²) in [6, 6.07) is 6.75. The van der Waals surface area contributed by atoms with Crippen molar-refractivity contribution in [3.8, 4) is 0 Å². The van der Waals surface area contributed by atoms with Gasteiger partial charge in [-0.25, -0.2) is 4.79 Å². The highest BCUT2D eigenvalue weighted by molar-refractivity contribution is 6.30. The zero-order valence-electron chi connectivity index (χ0n) is 9.10. The van der Waals surface area contributed by atoms with Gasteiger partial charge in [0, 0.05) is 16.2 Å². The molecule has 15 heavy (non-hydrogen) atoms. The van der Waals surface area contributed by atoms with Crippen molar-refractivity contribution in [2.75, 3.05) is 5.32 Å². The summed E-state index contributed by atoms with van der Waals surface area (Å²) in [7, 11) is 0.